The maximum Gasteiger partial charge on any atom is 0.235 e. The van der Waals surface area contributed by atoms with Crippen molar-refractivity contribution in [2.75, 3.05) is 21.2 Å². The van der Waals surface area contributed by atoms with Crippen molar-refractivity contribution in [1.29, 1.82) is 0 Å². The summed E-state index contributed by atoms with van der Waals surface area (Å²) in [5.41, 5.74) is 4.57. The van der Waals surface area contributed by atoms with E-state index in [1.807, 2.05) is 12.1 Å². The minimum atomic E-state index is -2.74. The molecule has 4 N–H and O–H groups in total. The van der Waals surface area contributed by atoms with E-state index in [0.717, 1.165) is 5.56 Å². The first-order chi connectivity index (χ1) is 17.9. The van der Waals surface area contributed by atoms with Crippen LogP contribution in [0.4, 0.5) is 0 Å². The van der Waals surface area contributed by atoms with Crippen LogP contribution >= 0.6 is 0 Å². The molecule has 0 aliphatic heterocycles. The molecule has 0 saturated heterocycles. The van der Waals surface area contributed by atoms with Crippen molar-refractivity contribution in [3.63, 3.8) is 0 Å². The first-order valence-electron chi connectivity index (χ1n) is 12.3. The minimum Gasteiger partial charge on any atom is -0.507 e. The maximum atomic E-state index is 13.9. The van der Waals surface area contributed by atoms with E-state index in [9.17, 15) is 34.2 Å². The fraction of sp³-hybridized carbons (Fsp3) is 0.393. The highest BCUT2D eigenvalue weighted by Gasteiger charge is 2.69. The van der Waals surface area contributed by atoms with Crippen molar-refractivity contribution in [3.05, 3.63) is 47.5 Å². The van der Waals surface area contributed by atoms with Crippen LogP contribution in [-0.2, 0) is 25.6 Å². The highest BCUT2D eigenvalue weighted by atomic mass is 16.5. The smallest absolute Gasteiger partial charge is 0.235 e. The van der Waals surface area contributed by atoms with Crippen molar-refractivity contribution in [1.82, 2.24) is 4.90 Å². The van der Waals surface area contributed by atoms with Gasteiger partial charge >= 0.3 is 0 Å². The lowest BCUT2D eigenvalue weighted by Crippen LogP contribution is -2.74. The van der Waals surface area contributed by atoms with Crippen LogP contribution in [0.15, 0.2) is 36.4 Å². The monoisotopic (exact) mass is 520 g/mol. The largest absolute Gasteiger partial charge is 0.507 e. The summed E-state index contributed by atoms with van der Waals surface area (Å²) in [6.45, 7) is 0. The molecule has 2 unspecified atom stereocenters. The second-order valence-corrected chi connectivity index (χ2v) is 10.5. The van der Waals surface area contributed by atoms with E-state index in [4.69, 9.17) is 10.5 Å². The van der Waals surface area contributed by atoms with Gasteiger partial charge in [0.1, 0.15) is 11.5 Å². The van der Waals surface area contributed by atoms with E-state index in [0.29, 0.717) is 16.9 Å². The zero-order chi connectivity index (χ0) is 27.7. The number of phenols is 1. The van der Waals surface area contributed by atoms with Gasteiger partial charge in [0.25, 0.3) is 0 Å². The van der Waals surface area contributed by atoms with Crippen molar-refractivity contribution in [2.45, 2.75) is 24.5 Å². The summed E-state index contributed by atoms with van der Waals surface area (Å²) in [6, 6.07) is 9.09. The maximum absolute atomic E-state index is 13.9. The van der Waals surface area contributed by atoms with Gasteiger partial charge in [0.2, 0.25) is 5.91 Å². The fourth-order valence-electron chi connectivity index (χ4n) is 6.65. The number of amides is 1. The number of aromatic hydroxyl groups is 1. The number of carbonyl (C=O) groups is 5. The number of methoxy groups -OCH3 is 1. The predicted molar refractivity (Wildman–Crippen MR) is 133 cm³/mol. The van der Waals surface area contributed by atoms with Crippen LogP contribution < -0.4 is 10.5 Å². The first-order valence-corrected chi connectivity index (χ1v) is 12.3. The summed E-state index contributed by atoms with van der Waals surface area (Å²) in [5.74, 6) is -9.96. The van der Waals surface area contributed by atoms with Gasteiger partial charge in [0.15, 0.2) is 34.7 Å². The highest BCUT2D eigenvalue weighted by Crippen LogP contribution is 2.51. The number of hydrogen-bond acceptors (Lipinski definition) is 9. The molecule has 2 saturated carbocycles. The number of ketones is 4. The van der Waals surface area contributed by atoms with Gasteiger partial charge in [0.05, 0.1) is 24.6 Å². The molecule has 1 amide bonds. The predicted octanol–water partition coefficient (Wildman–Crippen LogP) is 0.543. The average molecular weight is 521 g/mol. The Hall–Kier alpha value is -3.89. The van der Waals surface area contributed by atoms with Crippen molar-refractivity contribution < 1.29 is 38.9 Å². The Morgan fingerprint density at radius 3 is 2.29 bits per heavy atom. The van der Waals surface area contributed by atoms with Crippen molar-refractivity contribution >= 4 is 29.0 Å². The van der Waals surface area contributed by atoms with Gasteiger partial charge in [-0.05, 0) is 67.7 Å². The summed E-state index contributed by atoms with van der Waals surface area (Å²) >= 11 is 0. The number of likely N-dealkylation sites (N-methyl/N-ethyl adjacent to an activating group) is 1. The van der Waals surface area contributed by atoms with Gasteiger partial charge in [-0.25, -0.2) is 0 Å². The number of nitrogens with two attached hydrogens (primary N) is 1. The summed E-state index contributed by atoms with van der Waals surface area (Å²) in [7, 11) is 4.65. The normalized spacial score (nSPS) is 30.5. The molecule has 2 aromatic carbocycles. The molecule has 38 heavy (non-hydrogen) atoms. The summed E-state index contributed by atoms with van der Waals surface area (Å²) in [5, 5.41) is 22.3. The summed E-state index contributed by atoms with van der Waals surface area (Å²) < 4.78 is 5.22. The lowest BCUT2D eigenvalue weighted by molar-refractivity contribution is -0.181. The molecule has 2 fully saturated rings. The topological polar surface area (TPSA) is 164 Å². The molecule has 198 valence electrons. The Bertz CT molecular complexity index is 1400. The van der Waals surface area contributed by atoms with Crippen LogP contribution in [-0.4, -0.2) is 77.0 Å². The molecule has 3 aliphatic carbocycles. The SMILES string of the molecule is COc1ccc(-c2ccc(O)c3c2C[C@@H]2C[C@@H]4[C@@H](N(C)C)C(=O)C(C(N)=O)C(=O)[C@]4(O)C(=O)C2C3=O)cc1. The van der Waals surface area contributed by atoms with E-state index in [1.54, 1.807) is 39.4 Å². The Labute approximate surface area is 218 Å². The number of benzene rings is 2. The molecule has 6 atom stereocenters. The summed E-state index contributed by atoms with van der Waals surface area (Å²) in [6.07, 6.45) is 0.198. The average Bonchev–Trinajstić information content (AvgIpc) is 2.86. The third-order valence-electron chi connectivity index (χ3n) is 8.35. The molecule has 10 heteroatoms. The number of primary amides is 1. The number of rotatable bonds is 4. The molecule has 0 bridgehead atoms. The molecule has 2 aromatic rings. The van der Waals surface area contributed by atoms with E-state index in [1.165, 1.54) is 11.0 Å². The van der Waals surface area contributed by atoms with Gasteiger partial charge in [-0.3, -0.25) is 28.9 Å². The molecule has 10 nitrogen and oxygen atoms in total. The number of carbonyl (C=O) groups excluding carboxylic acids is 5. The lowest BCUT2D eigenvalue weighted by Gasteiger charge is -2.52. The van der Waals surface area contributed by atoms with Crippen molar-refractivity contribution in [3.8, 4) is 22.6 Å². The zero-order valence-electron chi connectivity index (χ0n) is 21.1. The Balaban J connectivity index is 1.64. The van der Waals surface area contributed by atoms with Gasteiger partial charge < -0.3 is 20.7 Å². The Morgan fingerprint density at radius 2 is 1.71 bits per heavy atom. The van der Waals surface area contributed by atoms with E-state index < -0.39 is 64.4 Å². The summed E-state index contributed by atoms with van der Waals surface area (Å²) in [4.78, 5) is 67.7. The molecule has 0 heterocycles. The number of fused-ring (bicyclic) bond motifs is 3. The number of aliphatic hydroxyl groups is 1. The van der Waals surface area contributed by atoms with Crippen LogP contribution in [0.5, 0.6) is 11.5 Å². The molecule has 5 rings (SSSR count). The standard InChI is InChI=1S/C28H28N2O8/c1-30(2)22-17-11-13-10-16-15(12-4-6-14(38-3)7-5-12)8-9-18(31)20(16)23(32)19(13)25(34)28(17,37)26(35)21(24(22)33)27(29)36/h4-9,13,17,19,21-22,31,37H,10-11H2,1-3H3,(H2,29,36)/t13-,17-,19?,21?,22-,28-/m1/s1. The first kappa shape index (κ1) is 25.7. The molecule has 0 radical (unpaired) electrons. The lowest BCUT2D eigenvalue weighted by atomic mass is 9.52. The molecular weight excluding hydrogens is 492 g/mol. The number of ether oxygens (including phenoxy) is 1. The van der Waals surface area contributed by atoms with Crippen LogP contribution in [0.2, 0.25) is 0 Å². The van der Waals surface area contributed by atoms with Gasteiger partial charge in [-0.15, -0.1) is 0 Å². The van der Waals surface area contributed by atoms with Crippen LogP contribution in [0, 0.1) is 23.7 Å². The van der Waals surface area contributed by atoms with E-state index >= 15 is 0 Å². The molecule has 3 aliphatic rings. The third-order valence-corrected chi connectivity index (χ3v) is 8.35. The van der Waals surface area contributed by atoms with Crippen LogP contribution in [0.25, 0.3) is 11.1 Å². The van der Waals surface area contributed by atoms with Gasteiger partial charge in [-0.2, -0.15) is 0 Å². The second kappa shape index (κ2) is 8.85. The number of hydrogen-bond donors (Lipinski definition) is 3. The van der Waals surface area contributed by atoms with Crippen LogP contribution in [0.1, 0.15) is 22.3 Å². The van der Waals surface area contributed by atoms with Gasteiger partial charge in [0, 0.05) is 5.92 Å². The highest BCUT2D eigenvalue weighted by molar-refractivity contribution is 6.32. The van der Waals surface area contributed by atoms with E-state index in [2.05, 4.69) is 0 Å². The second-order valence-electron chi connectivity index (χ2n) is 10.5. The number of nitrogens with zero attached hydrogens (tertiary/aromatic N) is 1. The number of phenolic OH excluding ortho intramolecular Hbond substituents is 1. The molecular formula is C28H28N2O8. The van der Waals surface area contributed by atoms with Crippen molar-refractivity contribution in [2.24, 2.45) is 29.4 Å². The molecule has 0 aromatic heterocycles. The fourth-order valence-corrected chi connectivity index (χ4v) is 6.65. The minimum absolute atomic E-state index is 0.00159. The van der Waals surface area contributed by atoms with Gasteiger partial charge in [-0.1, -0.05) is 18.2 Å². The van der Waals surface area contributed by atoms with E-state index in [-0.39, 0.29) is 24.2 Å². The Kier molecular flexibility index (Phi) is 6.00. The molecule has 0 spiro atoms. The number of Topliss-reactive ketones (excluding diaryl/α,β-unsaturated/α-hetero) is 4. The van der Waals surface area contributed by atoms with Crippen LogP contribution in [0.3, 0.4) is 0 Å². The third kappa shape index (κ3) is 3.44. The Morgan fingerprint density at radius 1 is 1.05 bits per heavy atom. The quantitative estimate of drug-likeness (QED) is 0.488. The zero-order valence-corrected chi connectivity index (χ0v) is 21.1.